The summed E-state index contributed by atoms with van der Waals surface area (Å²) >= 11 is 5.85. The maximum atomic E-state index is 12.6. The molecule has 3 aromatic rings. The monoisotopic (exact) mass is 495 g/mol. The topological polar surface area (TPSA) is 82.4 Å². The van der Waals surface area contributed by atoms with Crippen LogP contribution in [0.2, 0.25) is 5.02 Å². The lowest BCUT2D eigenvalue weighted by molar-refractivity contribution is 0.261. The van der Waals surface area contributed by atoms with Crippen LogP contribution in [0.15, 0.2) is 77.7 Å². The number of hydrogen-bond acceptors (Lipinski definition) is 5. The highest BCUT2D eigenvalue weighted by atomic mass is 35.5. The number of ether oxygens (including phenoxy) is 1. The number of likely N-dealkylation sites (tertiary alicyclic amines) is 1. The van der Waals surface area contributed by atoms with E-state index in [0.29, 0.717) is 23.7 Å². The molecule has 6 nitrogen and oxygen atoms in total. The molecule has 3 aromatic carbocycles. The van der Waals surface area contributed by atoms with Gasteiger partial charge in [-0.15, -0.1) is 0 Å². The molecule has 0 saturated carbocycles. The summed E-state index contributed by atoms with van der Waals surface area (Å²) in [5.74, 6) is 0.812. The predicted molar refractivity (Wildman–Crippen MR) is 133 cm³/mol. The maximum absolute atomic E-state index is 12.6. The van der Waals surface area contributed by atoms with E-state index in [4.69, 9.17) is 21.6 Å². The third-order valence-electron chi connectivity index (χ3n) is 5.81. The standard InChI is InChI=1S/C26H26ClN3O3S/c27-23-8-12-26(13-9-23)34(31,32)29-24-14-16-30(19-24)15-1-17-33-25-10-6-22(7-11-25)21-4-2-20(18-28)3-5-21/h2-13,24,29H,1,14-17,19H2/t24-/m1/s1. The highest BCUT2D eigenvalue weighted by molar-refractivity contribution is 7.89. The first-order valence-electron chi connectivity index (χ1n) is 11.2. The Hall–Kier alpha value is -2.89. The number of benzene rings is 3. The lowest BCUT2D eigenvalue weighted by Gasteiger charge is -2.17. The van der Waals surface area contributed by atoms with Crippen LogP contribution in [0.25, 0.3) is 11.1 Å². The maximum Gasteiger partial charge on any atom is 0.240 e. The smallest absolute Gasteiger partial charge is 0.240 e. The second-order valence-corrected chi connectivity index (χ2v) is 10.4. The van der Waals surface area contributed by atoms with Crippen LogP contribution >= 0.6 is 11.6 Å². The van der Waals surface area contributed by atoms with Crippen LogP contribution in [-0.4, -0.2) is 45.6 Å². The molecule has 1 N–H and O–H groups in total. The summed E-state index contributed by atoms with van der Waals surface area (Å²) in [6.45, 7) is 2.98. The highest BCUT2D eigenvalue weighted by Crippen LogP contribution is 2.23. The minimum atomic E-state index is -3.55. The van der Waals surface area contributed by atoms with Crippen molar-refractivity contribution in [3.05, 3.63) is 83.4 Å². The lowest BCUT2D eigenvalue weighted by Crippen LogP contribution is -2.37. The average molecular weight is 496 g/mol. The van der Waals surface area contributed by atoms with Gasteiger partial charge in [-0.25, -0.2) is 13.1 Å². The molecular weight excluding hydrogens is 470 g/mol. The summed E-state index contributed by atoms with van der Waals surface area (Å²) in [5, 5.41) is 9.43. The number of nitrogens with one attached hydrogen (secondary N) is 1. The van der Waals surface area contributed by atoms with E-state index in [-0.39, 0.29) is 10.9 Å². The Balaban J connectivity index is 1.19. The van der Waals surface area contributed by atoms with Gasteiger partial charge in [0, 0.05) is 24.2 Å². The molecule has 34 heavy (non-hydrogen) atoms. The van der Waals surface area contributed by atoms with E-state index in [1.165, 1.54) is 12.1 Å². The van der Waals surface area contributed by atoms with Crippen molar-refractivity contribution < 1.29 is 13.2 Å². The van der Waals surface area contributed by atoms with E-state index >= 15 is 0 Å². The number of halogens is 1. The van der Waals surface area contributed by atoms with Crippen LogP contribution in [0, 0.1) is 11.3 Å². The van der Waals surface area contributed by atoms with Crippen molar-refractivity contribution in [3.8, 4) is 22.9 Å². The quantitative estimate of drug-likeness (QED) is 0.435. The summed E-state index contributed by atoms with van der Waals surface area (Å²) in [6, 6.07) is 23.6. The van der Waals surface area contributed by atoms with Crippen LogP contribution < -0.4 is 9.46 Å². The number of sulfonamides is 1. The van der Waals surface area contributed by atoms with Crippen molar-refractivity contribution in [2.45, 2.75) is 23.8 Å². The van der Waals surface area contributed by atoms with E-state index in [1.54, 1.807) is 12.1 Å². The molecule has 0 aromatic heterocycles. The Morgan fingerprint density at radius 1 is 1.00 bits per heavy atom. The SMILES string of the molecule is N#Cc1ccc(-c2ccc(OCCCN3CC[C@@H](NS(=O)(=O)c4ccc(Cl)cc4)C3)cc2)cc1. The summed E-state index contributed by atoms with van der Waals surface area (Å²) in [5.41, 5.74) is 2.77. The van der Waals surface area contributed by atoms with Crippen LogP contribution in [0.3, 0.4) is 0 Å². The van der Waals surface area contributed by atoms with Gasteiger partial charge < -0.3 is 9.64 Å². The third kappa shape index (κ3) is 6.37. The number of nitriles is 1. The average Bonchev–Trinajstić information content (AvgIpc) is 3.29. The molecule has 1 aliphatic heterocycles. The van der Waals surface area contributed by atoms with Gasteiger partial charge in [0.25, 0.3) is 0 Å². The van der Waals surface area contributed by atoms with Crippen LogP contribution in [0.5, 0.6) is 5.75 Å². The van der Waals surface area contributed by atoms with Gasteiger partial charge in [0.1, 0.15) is 5.75 Å². The Labute approximate surface area is 205 Å². The minimum Gasteiger partial charge on any atom is -0.494 e. The molecule has 0 amide bonds. The minimum absolute atomic E-state index is 0.101. The molecule has 8 heteroatoms. The molecule has 0 aliphatic carbocycles. The molecule has 176 valence electrons. The summed E-state index contributed by atoms with van der Waals surface area (Å²) in [6.07, 6.45) is 1.64. The molecule has 0 bridgehead atoms. The molecule has 0 spiro atoms. The van der Waals surface area contributed by atoms with Crippen LogP contribution in [0.4, 0.5) is 0 Å². The van der Waals surface area contributed by atoms with Crippen molar-refractivity contribution in [3.63, 3.8) is 0 Å². The van der Waals surface area contributed by atoms with Gasteiger partial charge in [-0.05, 0) is 79.0 Å². The Morgan fingerprint density at radius 3 is 2.29 bits per heavy atom. The normalized spacial score (nSPS) is 16.3. The zero-order valence-corrected chi connectivity index (χ0v) is 20.2. The van der Waals surface area contributed by atoms with Gasteiger partial charge in [-0.3, -0.25) is 0 Å². The number of hydrogen-bond donors (Lipinski definition) is 1. The molecule has 1 atom stereocenters. The Morgan fingerprint density at radius 2 is 1.65 bits per heavy atom. The van der Waals surface area contributed by atoms with Crippen molar-refractivity contribution >= 4 is 21.6 Å². The fourth-order valence-corrected chi connectivity index (χ4v) is 5.38. The Kier molecular flexibility index (Phi) is 7.86. The summed E-state index contributed by atoms with van der Waals surface area (Å²) < 4.78 is 33.8. The van der Waals surface area contributed by atoms with Gasteiger partial charge in [-0.2, -0.15) is 5.26 Å². The van der Waals surface area contributed by atoms with Gasteiger partial charge in [-0.1, -0.05) is 35.9 Å². The number of nitrogens with zero attached hydrogens (tertiary/aromatic N) is 2. The van der Waals surface area contributed by atoms with Gasteiger partial charge >= 0.3 is 0 Å². The first-order chi connectivity index (χ1) is 16.4. The van der Waals surface area contributed by atoms with Crippen molar-refractivity contribution in [2.24, 2.45) is 0 Å². The van der Waals surface area contributed by atoms with Crippen molar-refractivity contribution in [1.82, 2.24) is 9.62 Å². The van der Waals surface area contributed by atoms with Gasteiger partial charge in [0.2, 0.25) is 10.0 Å². The molecule has 1 fully saturated rings. The predicted octanol–water partition coefficient (Wildman–Crippen LogP) is 4.70. The Bertz CT molecular complexity index is 1240. The molecule has 1 saturated heterocycles. The first-order valence-corrected chi connectivity index (χ1v) is 13.0. The van der Waals surface area contributed by atoms with Crippen molar-refractivity contribution in [2.75, 3.05) is 26.2 Å². The molecule has 1 aliphatic rings. The van der Waals surface area contributed by atoms with E-state index in [9.17, 15) is 8.42 Å². The summed E-state index contributed by atoms with van der Waals surface area (Å²) in [4.78, 5) is 2.49. The zero-order valence-electron chi connectivity index (χ0n) is 18.7. The second-order valence-electron chi connectivity index (χ2n) is 8.28. The van der Waals surface area contributed by atoms with Gasteiger partial charge in [0.05, 0.1) is 23.1 Å². The van der Waals surface area contributed by atoms with Crippen molar-refractivity contribution in [1.29, 1.82) is 5.26 Å². The lowest BCUT2D eigenvalue weighted by atomic mass is 10.0. The van der Waals surface area contributed by atoms with E-state index in [0.717, 1.165) is 42.8 Å². The van der Waals surface area contributed by atoms with E-state index < -0.39 is 10.0 Å². The van der Waals surface area contributed by atoms with Crippen LogP contribution in [-0.2, 0) is 10.0 Å². The third-order valence-corrected chi connectivity index (χ3v) is 7.60. The molecule has 1 heterocycles. The van der Waals surface area contributed by atoms with E-state index in [2.05, 4.69) is 15.7 Å². The molecule has 4 rings (SSSR count). The van der Waals surface area contributed by atoms with E-state index in [1.807, 2.05) is 48.5 Å². The zero-order chi connectivity index (χ0) is 24.0. The fourth-order valence-electron chi connectivity index (χ4n) is 3.99. The largest absolute Gasteiger partial charge is 0.494 e. The molecule has 0 unspecified atom stereocenters. The highest BCUT2D eigenvalue weighted by Gasteiger charge is 2.27. The van der Waals surface area contributed by atoms with Crippen LogP contribution in [0.1, 0.15) is 18.4 Å². The molecule has 0 radical (unpaired) electrons. The summed E-state index contributed by atoms with van der Waals surface area (Å²) in [7, 11) is -3.55. The van der Waals surface area contributed by atoms with Gasteiger partial charge in [0.15, 0.2) is 0 Å². The first kappa shape index (κ1) is 24.2. The second kappa shape index (κ2) is 11.0. The number of rotatable bonds is 9. The fraction of sp³-hybridized carbons (Fsp3) is 0.269. The molecular formula is C26H26ClN3O3S.